The molecule has 0 aliphatic rings. The van der Waals surface area contributed by atoms with Crippen LogP contribution in [0.25, 0.3) is 0 Å². The Kier molecular flexibility index (Phi) is 30.1. The number of phosphoric acid groups is 1. The number of quaternary nitrogens is 1. The Morgan fingerprint density at radius 2 is 1.27 bits per heavy atom. The van der Waals surface area contributed by atoms with Gasteiger partial charge in [-0.2, -0.15) is 0 Å². The van der Waals surface area contributed by atoms with E-state index in [1.165, 1.54) is 63.9 Å². The highest BCUT2D eigenvalue weighted by molar-refractivity contribution is 7.45. The fraction of sp³-hybridized carbons (Fsp3) is 0.865. The average molecular weight is 720 g/mol. The molecule has 0 aromatic rings. The third-order valence-corrected chi connectivity index (χ3v) is 9.15. The number of phosphoric ester groups is 1. The molecule has 288 valence electrons. The van der Waals surface area contributed by atoms with Gasteiger partial charge in [-0.25, -0.2) is 0 Å². The van der Waals surface area contributed by atoms with Crippen LogP contribution in [0.3, 0.4) is 0 Å². The van der Waals surface area contributed by atoms with E-state index in [1.54, 1.807) is 6.08 Å². The molecule has 0 spiro atoms. The van der Waals surface area contributed by atoms with Crippen LogP contribution in [0.2, 0.25) is 0 Å². The third kappa shape index (κ3) is 34.6. The van der Waals surface area contributed by atoms with Gasteiger partial charge in [-0.15, -0.1) is 0 Å². The molecule has 1 N–H and O–H groups in total. The van der Waals surface area contributed by atoms with Crippen molar-refractivity contribution in [1.29, 1.82) is 0 Å². The summed E-state index contributed by atoms with van der Waals surface area (Å²) in [6, 6.07) is 0. The zero-order valence-electron chi connectivity index (χ0n) is 31.3. The van der Waals surface area contributed by atoms with Crippen molar-refractivity contribution in [3.63, 3.8) is 0 Å². The normalized spacial score (nSPS) is 14.4. The molecule has 3 atom stereocenters. The van der Waals surface area contributed by atoms with Crippen LogP contribution in [-0.2, 0) is 37.5 Å². The number of allylic oxidation sites excluding steroid dienone is 1. The summed E-state index contributed by atoms with van der Waals surface area (Å²) in [5.74, 6) is -0.941. The number of unbranched alkanes of at least 4 members (excludes halogenated alkanes) is 16. The molecule has 0 aromatic carbocycles. The van der Waals surface area contributed by atoms with E-state index < -0.39 is 38.6 Å². The minimum Gasteiger partial charge on any atom is -0.756 e. The maximum atomic E-state index is 12.6. The number of aliphatic hydroxyl groups excluding tert-OH is 1. The molecule has 0 bridgehead atoms. The second-order valence-corrected chi connectivity index (χ2v) is 15.5. The first-order valence-corrected chi connectivity index (χ1v) is 20.4. The fourth-order valence-electron chi connectivity index (χ4n) is 5.13. The van der Waals surface area contributed by atoms with E-state index in [2.05, 4.69) is 6.92 Å². The molecule has 12 heteroatoms. The lowest BCUT2D eigenvalue weighted by Crippen LogP contribution is -2.37. The standard InChI is InChI=1S/C37H70NO10P/c1-5-6-7-8-9-10-11-12-13-14-15-18-21-27-36(41)45-32-35(33-47-49(43,44)46-31-29-38(2,3)4)48-37(42)28-22-19-16-17-20-25-34(40)26-23-24-30-39/h23-24,30,34-35,40H,5-22,25-29,31-33H2,1-4H3/b24-23+/t34?,35-/m1/s1. The number of aliphatic hydroxyl groups is 1. The Bertz CT molecular complexity index is 908. The van der Waals surface area contributed by atoms with Crippen LogP contribution in [0, 0.1) is 0 Å². The van der Waals surface area contributed by atoms with Crippen molar-refractivity contribution in [2.24, 2.45) is 0 Å². The molecular formula is C37H70NO10P. The fourth-order valence-corrected chi connectivity index (χ4v) is 5.86. The Morgan fingerprint density at radius 1 is 0.755 bits per heavy atom. The largest absolute Gasteiger partial charge is 0.756 e. The molecular weight excluding hydrogens is 649 g/mol. The molecule has 0 aromatic heterocycles. The van der Waals surface area contributed by atoms with E-state index >= 15 is 0 Å². The molecule has 0 amide bonds. The second kappa shape index (κ2) is 31.1. The van der Waals surface area contributed by atoms with E-state index in [9.17, 15) is 28.9 Å². The topological polar surface area (TPSA) is 148 Å². The van der Waals surface area contributed by atoms with Crippen molar-refractivity contribution < 1.29 is 52.0 Å². The van der Waals surface area contributed by atoms with Gasteiger partial charge in [-0.1, -0.05) is 116 Å². The molecule has 0 saturated carbocycles. The molecule has 0 aliphatic heterocycles. The summed E-state index contributed by atoms with van der Waals surface area (Å²) in [4.78, 5) is 47.5. The molecule has 11 nitrogen and oxygen atoms in total. The molecule has 0 fully saturated rings. The molecule has 0 radical (unpaired) electrons. The number of esters is 2. The van der Waals surface area contributed by atoms with Gasteiger partial charge in [-0.3, -0.25) is 18.9 Å². The van der Waals surface area contributed by atoms with Crippen molar-refractivity contribution >= 4 is 26.0 Å². The Morgan fingerprint density at radius 3 is 1.80 bits per heavy atom. The van der Waals surface area contributed by atoms with Crippen molar-refractivity contribution in [3.05, 3.63) is 12.2 Å². The van der Waals surface area contributed by atoms with Crippen molar-refractivity contribution in [1.82, 2.24) is 0 Å². The highest BCUT2D eigenvalue weighted by atomic mass is 31.2. The summed E-state index contributed by atoms with van der Waals surface area (Å²) < 4.78 is 33.6. The first-order valence-electron chi connectivity index (χ1n) is 18.9. The molecule has 0 heterocycles. The van der Waals surface area contributed by atoms with Gasteiger partial charge < -0.3 is 33.0 Å². The lowest BCUT2D eigenvalue weighted by atomic mass is 10.0. The van der Waals surface area contributed by atoms with Gasteiger partial charge in [0.25, 0.3) is 7.82 Å². The summed E-state index contributed by atoms with van der Waals surface area (Å²) >= 11 is 0. The number of ether oxygens (including phenoxy) is 2. The maximum Gasteiger partial charge on any atom is 0.306 e. The smallest absolute Gasteiger partial charge is 0.306 e. The van der Waals surface area contributed by atoms with E-state index in [4.69, 9.17) is 18.5 Å². The van der Waals surface area contributed by atoms with Crippen molar-refractivity contribution in [2.45, 2.75) is 160 Å². The minimum atomic E-state index is -4.65. The van der Waals surface area contributed by atoms with E-state index in [1.807, 2.05) is 21.1 Å². The zero-order valence-corrected chi connectivity index (χ0v) is 32.2. The van der Waals surface area contributed by atoms with Gasteiger partial charge in [0.2, 0.25) is 0 Å². The first-order chi connectivity index (χ1) is 23.4. The average Bonchev–Trinajstić information content (AvgIpc) is 3.03. The van der Waals surface area contributed by atoms with Crippen LogP contribution >= 0.6 is 7.82 Å². The van der Waals surface area contributed by atoms with Crippen LogP contribution in [0.5, 0.6) is 0 Å². The molecule has 0 aliphatic carbocycles. The van der Waals surface area contributed by atoms with Gasteiger partial charge in [0.15, 0.2) is 6.10 Å². The summed E-state index contributed by atoms with van der Waals surface area (Å²) in [6.45, 7) is 1.82. The van der Waals surface area contributed by atoms with Gasteiger partial charge in [-0.05, 0) is 31.8 Å². The van der Waals surface area contributed by atoms with Crippen LogP contribution in [-0.4, -0.2) is 87.5 Å². The number of nitrogens with zero attached hydrogens (tertiary/aromatic N) is 1. The van der Waals surface area contributed by atoms with Crippen LogP contribution in [0.1, 0.15) is 148 Å². The molecule has 49 heavy (non-hydrogen) atoms. The number of hydrogen-bond donors (Lipinski definition) is 1. The van der Waals surface area contributed by atoms with E-state index in [-0.39, 0.29) is 26.1 Å². The van der Waals surface area contributed by atoms with E-state index in [0.717, 1.165) is 44.9 Å². The summed E-state index contributed by atoms with van der Waals surface area (Å²) in [7, 11) is 1.07. The lowest BCUT2D eigenvalue weighted by Gasteiger charge is -2.28. The van der Waals surface area contributed by atoms with Gasteiger partial charge in [0.1, 0.15) is 26.0 Å². The zero-order chi connectivity index (χ0) is 36.6. The number of hydrogen-bond acceptors (Lipinski definition) is 10. The number of likely N-dealkylation sites (N-methyl/N-ethyl adjacent to an activating group) is 1. The molecule has 2 unspecified atom stereocenters. The number of rotatable bonds is 35. The summed E-state index contributed by atoms with van der Waals surface area (Å²) in [5, 5.41) is 9.89. The third-order valence-electron chi connectivity index (χ3n) is 8.18. The number of carbonyl (C=O) groups is 3. The van der Waals surface area contributed by atoms with Gasteiger partial charge in [0.05, 0.1) is 33.9 Å². The summed E-state index contributed by atoms with van der Waals surface area (Å²) in [5.41, 5.74) is 0. The Hall–Kier alpha value is -1.62. The van der Waals surface area contributed by atoms with Crippen LogP contribution < -0.4 is 4.89 Å². The second-order valence-electron chi connectivity index (χ2n) is 14.1. The highest BCUT2D eigenvalue weighted by Gasteiger charge is 2.21. The summed E-state index contributed by atoms with van der Waals surface area (Å²) in [6.07, 6.45) is 23.3. The van der Waals surface area contributed by atoms with Crippen molar-refractivity contribution in [3.8, 4) is 0 Å². The SMILES string of the molecule is CCCCCCCCCCCCCCCC(=O)OC[C@H](COP(=O)([O-])OCC[N+](C)(C)C)OC(=O)CCCCCCCC(O)C/C=C/C=O. The highest BCUT2D eigenvalue weighted by Crippen LogP contribution is 2.38. The quantitative estimate of drug-likeness (QED) is 0.0176. The monoisotopic (exact) mass is 719 g/mol. The van der Waals surface area contributed by atoms with Gasteiger partial charge >= 0.3 is 11.9 Å². The van der Waals surface area contributed by atoms with E-state index in [0.29, 0.717) is 43.0 Å². The first kappa shape index (κ1) is 47.4. The number of carbonyl (C=O) groups excluding carboxylic acids is 3. The predicted octanol–water partition coefficient (Wildman–Crippen LogP) is 7.37. The van der Waals surface area contributed by atoms with Crippen LogP contribution in [0.4, 0.5) is 0 Å². The predicted molar refractivity (Wildman–Crippen MR) is 192 cm³/mol. The molecule has 0 saturated heterocycles. The Balaban J connectivity index is 4.46. The molecule has 0 rings (SSSR count). The minimum absolute atomic E-state index is 0.0565. The maximum absolute atomic E-state index is 12.6. The lowest BCUT2D eigenvalue weighted by molar-refractivity contribution is -0.870. The van der Waals surface area contributed by atoms with Crippen LogP contribution in [0.15, 0.2) is 12.2 Å². The Labute approximate surface area is 297 Å². The number of aldehydes is 1. The van der Waals surface area contributed by atoms with Gasteiger partial charge in [0, 0.05) is 12.8 Å². The van der Waals surface area contributed by atoms with Crippen molar-refractivity contribution in [2.75, 3.05) is 47.5 Å².